The minimum atomic E-state index is -0.816. The summed E-state index contributed by atoms with van der Waals surface area (Å²) in [7, 11) is 0. The monoisotopic (exact) mass is 211 g/mol. The standard InChI is InChI=1S/C10H13NO2S/c1-7-6-8(10(12)13)14-9(7)11-4-2-3-5-11/h6H,2-5H2,1H3,(H,12,13). The highest BCUT2D eigenvalue weighted by Gasteiger charge is 2.18. The fourth-order valence-corrected chi connectivity index (χ4v) is 2.87. The van der Waals surface area contributed by atoms with Crippen molar-refractivity contribution in [3.63, 3.8) is 0 Å². The van der Waals surface area contributed by atoms with E-state index in [2.05, 4.69) is 4.90 Å². The summed E-state index contributed by atoms with van der Waals surface area (Å²) in [4.78, 5) is 13.5. The summed E-state index contributed by atoms with van der Waals surface area (Å²) in [6.07, 6.45) is 2.44. The summed E-state index contributed by atoms with van der Waals surface area (Å²) in [6, 6.07) is 1.76. The number of hydrogen-bond donors (Lipinski definition) is 1. The van der Waals surface area contributed by atoms with Crippen LogP contribution in [0, 0.1) is 6.92 Å². The number of carboxylic acid groups (broad SMARTS) is 1. The SMILES string of the molecule is Cc1cc(C(=O)O)sc1N1CCCC1. The summed E-state index contributed by atoms with van der Waals surface area (Å²) >= 11 is 1.39. The first-order valence-electron chi connectivity index (χ1n) is 4.77. The van der Waals surface area contributed by atoms with Crippen LogP contribution in [-0.2, 0) is 0 Å². The normalized spacial score (nSPS) is 16.2. The third kappa shape index (κ3) is 1.62. The smallest absolute Gasteiger partial charge is 0.345 e. The molecule has 1 aliphatic heterocycles. The number of anilines is 1. The van der Waals surface area contributed by atoms with Crippen LogP contribution in [0.15, 0.2) is 6.07 Å². The molecule has 1 aromatic rings. The van der Waals surface area contributed by atoms with Gasteiger partial charge in [0.1, 0.15) is 4.88 Å². The second-order valence-corrected chi connectivity index (χ2v) is 4.63. The van der Waals surface area contributed by atoms with Gasteiger partial charge in [-0.15, -0.1) is 11.3 Å². The van der Waals surface area contributed by atoms with Gasteiger partial charge in [-0.3, -0.25) is 0 Å². The van der Waals surface area contributed by atoms with Gasteiger partial charge in [-0.25, -0.2) is 4.79 Å². The second kappa shape index (κ2) is 3.61. The molecule has 0 radical (unpaired) electrons. The lowest BCUT2D eigenvalue weighted by Gasteiger charge is -2.15. The maximum atomic E-state index is 10.8. The van der Waals surface area contributed by atoms with Crippen LogP contribution in [0.4, 0.5) is 5.00 Å². The molecule has 14 heavy (non-hydrogen) atoms. The third-order valence-corrected chi connectivity index (χ3v) is 3.78. The first-order chi connectivity index (χ1) is 6.68. The molecule has 0 atom stereocenters. The largest absolute Gasteiger partial charge is 0.477 e. The second-order valence-electron chi connectivity index (χ2n) is 3.60. The number of aromatic carboxylic acids is 1. The fourth-order valence-electron chi connectivity index (χ4n) is 1.81. The lowest BCUT2D eigenvalue weighted by atomic mass is 10.3. The van der Waals surface area contributed by atoms with Gasteiger partial charge >= 0.3 is 5.97 Å². The maximum absolute atomic E-state index is 10.8. The highest BCUT2D eigenvalue weighted by Crippen LogP contribution is 2.33. The number of thiophene rings is 1. The van der Waals surface area contributed by atoms with Crippen molar-refractivity contribution >= 4 is 22.3 Å². The van der Waals surface area contributed by atoms with Crippen molar-refractivity contribution in [2.75, 3.05) is 18.0 Å². The third-order valence-electron chi connectivity index (χ3n) is 2.50. The van der Waals surface area contributed by atoms with E-state index in [-0.39, 0.29) is 0 Å². The van der Waals surface area contributed by atoms with Crippen LogP contribution < -0.4 is 4.90 Å². The zero-order chi connectivity index (χ0) is 10.1. The van der Waals surface area contributed by atoms with Crippen molar-refractivity contribution in [1.82, 2.24) is 0 Å². The molecule has 4 heteroatoms. The summed E-state index contributed by atoms with van der Waals surface area (Å²) in [5.74, 6) is -0.816. The van der Waals surface area contributed by atoms with E-state index < -0.39 is 5.97 Å². The molecular weight excluding hydrogens is 198 g/mol. The number of nitrogens with zero attached hydrogens (tertiary/aromatic N) is 1. The van der Waals surface area contributed by atoms with E-state index in [4.69, 9.17) is 5.11 Å². The molecule has 1 aromatic heterocycles. The Balaban J connectivity index is 2.28. The van der Waals surface area contributed by atoms with E-state index in [0.29, 0.717) is 4.88 Å². The average molecular weight is 211 g/mol. The predicted molar refractivity (Wildman–Crippen MR) is 57.5 cm³/mol. The molecule has 1 fully saturated rings. The van der Waals surface area contributed by atoms with Gasteiger partial charge in [0.25, 0.3) is 0 Å². The van der Waals surface area contributed by atoms with Crippen molar-refractivity contribution in [2.45, 2.75) is 19.8 Å². The molecule has 0 saturated carbocycles. The van der Waals surface area contributed by atoms with E-state index in [1.807, 2.05) is 6.92 Å². The van der Waals surface area contributed by atoms with Crippen LogP contribution in [-0.4, -0.2) is 24.2 Å². The van der Waals surface area contributed by atoms with Crippen LogP contribution in [0.5, 0.6) is 0 Å². The first-order valence-corrected chi connectivity index (χ1v) is 5.59. The fraction of sp³-hybridized carbons (Fsp3) is 0.500. The Bertz CT molecular complexity index is 353. The molecule has 0 spiro atoms. The highest BCUT2D eigenvalue weighted by atomic mass is 32.1. The van der Waals surface area contributed by atoms with Gasteiger partial charge in [-0.05, 0) is 31.4 Å². The molecule has 1 saturated heterocycles. The van der Waals surface area contributed by atoms with Gasteiger partial charge in [-0.1, -0.05) is 0 Å². The van der Waals surface area contributed by atoms with Gasteiger partial charge in [0.05, 0.1) is 5.00 Å². The molecule has 0 unspecified atom stereocenters. The van der Waals surface area contributed by atoms with Gasteiger partial charge < -0.3 is 10.0 Å². The van der Waals surface area contributed by atoms with E-state index in [1.54, 1.807) is 6.07 Å². The number of carboxylic acids is 1. The van der Waals surface area contributed by atoms with Crippen molar-refractivity contribution < 1.29 is 9.90 Å². The van der Waals surface area contributed by atoms with Crippen LogP contribution in [0.1, 0.15) is 28.1 Å². The molecule has 2 rings (SSSR count). The minimum Gasteiger partial charge on any atom is -0.477 e. The summed E-state index contributed by atoms with van der Waals surface area (Å²) in [6.45, 7) is 4.12. The number of hydrogen-bond acceptors (Lipinski definition) is 3. The van der Waals surface area contributed by atoms with Crippen LogP contribution in [0.3, 0.4) is 0 Å². The molecule has 0 aliphatic carbocycles. The average Bonchev–Trinajstić information content (AvgIpc) is 2.71. The molecule has 1 N–H and O–H groups in total. The molecule has 0 amide bonds. The molecular formula is C10H13NO2S. The van der Waals surface area contributed by atoms with Gasteiger partial charge in [0.2, 0.25) is 0 Å². The van der Waals surface area contributed by atoms with Crippen molar-refractivity contribution in [3.05, 3.63) is 16.5 Å². The van der Waals surface area contributed by atoms with Gasteiger partial charge in [0.15, 0.2) is 0 Å². The lowest BCUT2D eigenvalue weighted by molar-refractivity contribution is 0.0702. The summed E-state index contributed by atoms with van der Waals surface area (Å²) in [5.41, 5.74) is 1.09. The van der Waals surface area contributed by atoms with Gasteiger partial charge in [0, 0.05) is 13.1 Å². The lowest BCUT2D eigenvalue weighted by Crippen LogP contribution is -2.16. The predicted octanol–water partition coefficient (Wildman–Crippen LogP) is 2.35. The first kappa shape index (κ1) is 9.52. The van der Waals surface area contributed by atoms with E-state index in [0.717, 1.165) is 23.7 Å². The zero-order valence-corrected chi connectivity index (χ0v) is 8.93. The Morgan fingerprint density at radius 3 is 2.64 bits per heavy atom. The van der Waals surface area contributed by atoms with Crippen molar-refractivity contribution in [1.29, 1.82) is 0 Å². The quantitative estimate of drug-likeness (QED) is 0.816. The Morgan fingerprint density at radius 2 is 2.14 bits per heavy atom. The van der Waals surface area contributed by atoms with E-state index in [1.165, 1.54) is 24.2 Å². The van der Waals surface area contributed by atoms with Crippen LogP contribution in [0.25, 0.3) is 0 Å². The maximum Gasteiger partial charge on any atom is 0.345 e. The minimum absolute atomic E-state index is 0.449. The van der Waals surface area contributed by atoms with E-state index >= 15 is 0 Å². The van der Waals surface area contributed by atoms with Crippen molar-refractivity contribution in [3.8, 4) is 0 Å². The molecule has 2 heterocycles. The summed E-state index contributed by atoms with van der Waals surface area (Å²) in [5, 5.41) is 10.00. The van der Waals surface area contributed by atoms with E-state index in [9.17, 15) is 4.79 Å². The molecule has 0 bridgehead atoms. The Kier molecular flexibility index (Phi) is 2.46. The van der Waals surface area contributed by atoms with Crippen molar-refractivity contribution in [2.24, 2.45) is 0 Å². The van der Waals surface area contributed by atoms with Crippen LogP contribution in [0.2, 0.25) is 0 Å². The number of aryl methyl sites for hydroxylation is 1. The number of rotatable bonds is 2. The molecule has 76 valence electrons. The summed E-state index contributed by atoms with van der Waals surface area (Å²) < 4.78 is 0. The molecule has 3 nitrogen and oxygen atoms in total. The topological polar surface area (TPSA) is 40.5 Å². The molecule has 1 aliphatic rings. The highest BCUT2D eigenvalue weighted by molar-refractivity contribution is 7.18. The zero-order valence-electron chi connectivity index (χ0n) is 8.12. The van der Waals surface area contributed by atoms with Crippen LogP contribution >= 0.6 is 11.3 Å². The Labute approximate surface area is 87.0 Å². The number of carbonyl (C=O) groups is 1. The van der Waals surface area contributed by atoms with Gasteiger partial charge in [-0.2, -0.15) is 0 Å². The Hall–Kier alpha value is -1.03. The Morgan fingerprint density at radius 1 is 1.50 bits per heavy atom. The molecule has 0 aromatic carbocycles.